The summed E-state index contributed by atoms with van der Waals surface area (Å²) in [5, 5.41) is 68.1. The lowest BCUT2D eigenvalue weighted by molar-refractivity contribution is -0.138. The van der Waals surface area contributed by atoms with Crippen molar-refractivity contribution in [3.63, 3.8) is 0 Å². The molecule has 0 aromatic heterocycles. The summed E-state index contributed by atoms with van der Waals surface area (Å²) in [6, 6.07) is 0. The highest BCUT2D eigenvalue weighted by Crippen LogP contribution is 2.39. The van der Waals surface area contributed by atoms with E-state index in [2.05, 4.69) is 13.8 Å². The van der Waals surface area contributed by atoms with Crippen LogP contribution < -0.4 is 0 Å². The van der Waals surface area contributed by atoms with E-state index in [-0.39, 0.29) is 42.3 Å². The molecule has 0 radical (unpaired) electrons. The molecule has 10 nitrogen and oxygen atoms in total. The Morgan fingerprint density at radius 3 is 1.71 bits per heavy atom. The predicted molar refractivity (Wildman–Crippen MR) is 205 cm³/mol. The van der Waals surface area contributed by atoms with E-state index in [1.807, 2.05) is 30.4 Å². The first-order valence-electron chi connectivity index (χ1n) is 20.2. The van der Waals surface area contributed by atoms with Crippen molar-refractivity contribution in [3.8, 4) is 0 Å². The fourth-order valence-electron chi connectivity index (χ4n) is 7.43. The van der Waals surface area contributed by atoms with Crippen LogP contribution in [0.1, 0.15) is 155 Å². The number of carboxylic acids is 2. The second-order valence-electron chi connectivity index (χ2n) is 15.0. The van der Waals surface area contributed by atoms with E-state index < -0.39 is 42.5 Å². The Morgan fingerprint density at radius 1 is 0.596 bits per heavy atom. The molecule has 52 heavy (non-hydrogen) atoms. The summed E-state index contributed by atoms with van der Waals surface area (Å²) in [4.78, 5) is 33.1. The number of aliphatic hydroxyl groups excluding tert-OH is 5. The van der Waals surface area contributed by atoms with E-state index in [1.54, 1.807) is 6.08 Å². The number of carbonyl (C=O) groups excluding carboxylic acids is 1. The van der Waals surface area contributed by atoms with Gasteiger partial charge in [-0.2, -0.15) is 0 Å². The highest BCUT2D eigenvalue weighted by molar-refractivity contribution is 5.78. The summed E-state index contributed by atoms with van der Waals surface area (Å²) in [6.45, 7) is 4.30. The molecule has 7 N–H and O–H groups in total. The van der Waals surface area contributed by atoms with Crippen LogP contribution in [0, 0.1) is 23.7 Å². The minimum Gasteiger partial charge on any atom is -0.481 e. The van der Waals surface area contributed by atoms with Crippen LogP contribution in [0.5, 0.6) is 0 Å². The highest BCUT2D eigenvalue weighted by atomic mass is 16.4. The number of carbonyl (C=O) groups is 3. The maximum Gasteiger partial charge on any atom is 0.303 e. The lowest BCUT2D eigenvalue weighted by Crippen LogP contribution is -2.22. The quantitative estimate of drug-likeness (QED) is 0.0333. The summed E-state index contributed by atoms with van der Waals surface area (Å²) in [5.74, 6) is -1.58. The molecular weight excluding hydrogens is 664 g/mol. The Morgan fingerprint density at radius 2 is 1.12 bits per heavy atom. The molecule has 0 spiro atoms. The number of ketones is 1. The number of rotatable bonds is 27. The fraction of sp³-hybridized carbons (Fsp3) is 0.786. The molecule has 0 aromatic carbocycles. The average molecular weight is 737 g/mol. The van der Waals surface area contributed by atoms with Crippen molar-refractivity contribution < 1.29 is 50.1 Å². The van der Waals surface area contributed by atoms with Crippen molar-refractivity contribution in [3.05, 3.63) is 36.5 Å². The van der Waals surface area contributed by atoms with E-state index in [0.29, 0.717) is 70.6 Å². The van der Waals surface area contributed by atoms with Crippen LogP contribution in [-0.2, 0) is 14.4 Å². The molecular formula is C42H72O10. The first-order valence-corrected chi connectivity index (χ1v) is 20.2. The molecule has 9 atom stereocenters. The van der Waals surface area contributed by atoms with Crippen LogP contribution >= 0.6 is 0 Å². The molecule has 0 aliphatic heterocycles. The van der Waals surface area contributed by atoms with Gasteiger partial charge in [0.05, 0.1) is 30.5 Å². The van der Waals surface area contributed by atoms with Crippen LogP contribution in [-0.4, -0.2) is 84.0 Å². The number of carboxylic acid groups (broad SMARTS) is 2. The van der Waals surface area contributed by atoms with Gasteiger partial charge in [-0.3, -0.25) is 14.4 Å². The minimum absolute atomic E-state index is 0.0203. The van der Waals surface area contributed by atoms with Crippen LogP contribution in [0.2, 0.25) is 0 Å². The van der Waals surface area contributed by atoms with E-state index in [1.165, 1.54) is 19.3 Å². The van der Waals surface area contributed by atoms with Gasteiger partial charge in [0.15, 0.2) is 0 Å². The molecule has 0 amide bonds. The summed E-state index contributed by atoms with van der Waals surface area (Å²) >= 11 is 0. The Kier molecular flexibility index (Phi) is 26.6. The number of Topliss-reactive ketones (excluding diaryl/α,β-unsaturated/α-hetero) is 1. The van der Waals surface area contributed by atoms with Gasteiger partial charge in [0.1, 0.15) is 5.78 Å². The Hall–Kier alpha value is -2.37. The molecule has 0 bridgehead atoms. The van der Waals surface area contributed by atoms with Crippen LogP contribution in [0.3, 0.4) is 0 Å². The largest absolute Gasteiger partial charge is 0.481 e. The van der Waals surface area contributed by atoms with Crippen molar-refractivity contribution in [2.24, 2.45) is 23.7 Å². The van der Waals surface area contributed by atoms with Gasteiger partial charge in [-0.1, -0.05) is 95.2 Å². The Bertz CT molecular complexity index is 1060. The monoisotopic (exact) mass is 737 g/mol. The molecule has 0 unspecified atom stereocenters. The molecule has 10 heteroatoms. The minimum atomic E-state index is -0.787. The van der Waals surface area contributed by atoms with Gasteiger partial charge in [0.25, 0.3) is 0 Å². The van der Waals surface area contributed by atoms with Gasteiger partial charge in [0.2, 0.25) is 0 Å². The molecule has 0 saturated heterocycles. The summed E-state index contributed by atoms with van der Waals surface area (Å²) < 4.78 is 0. The fourth-order valence-corrected chi connectivity index (χ4v) is 7.43. The van der Waals surface area contributed by atoms with Gasteiger partial charge in [-0.15, -0.1) is 0 Å². The molecule has 2 fully saturated rings. The van der Waals surface area contributed by atoms with Crippen molar-refractivity contribution >= 4 is 17.7 Å². The van der Waals surface area contributed by atoms with Gasteiger partial charge >= 0.3 is 11.9 Å². The molecule has 300 valence electrons. The average Bonchev–Trinajstić information content (AvgIpc) is 3.52. The molecule has 2 saturated carbocycles. The van der Waals surface area contributed by atoms with E-state index in [4.69, 9.17) is 10.2 Å². The molecule has 0 aromatic rings. The first kappa shape index (κ1) is 47.7. The van der Waals surface area contributed by atoms with Crippen LogP contribution in [0.15, 0.2) is 36.5 Å². The molecule has 0 heterocycles. The first-order chi connectivity index (χ1) is 24.9. The standard InChI is InChI=1S/C22H38O5.C20H34O5/c1-2-3-4-5-8-11-17(23)14-15-19-18(20(24)16-21(19)25)12-9-6-7-10-13-22(26)27;1-2-3-6-9-15(21)12-13-17-16(18(22)14-19(17)23)10-7-4-5-8-11-20(24)25/h6,9,18-21,24-25H,2-5,7-8,10-16H2,1H3,(H,26,27);4,7,12-13,15-19,21-23H,2-3,5-6,8-11,14H2,1H3,(H,24,25)/b9-6-;7-4-,13-12+/t18-,19-,20+,21-;15-,16+,17+,18-,19+/m10/s1. The number of aliphatic hydroxyl groups is 5. The van der Waals surface area contributed by atoms with E-state index >= 15 is 0 Å². The number of unbranched alkanes of at least 4 members (excludes halogenated alkanes) is 8. The SMILES string of the molecule is CCCCCCCC(=O)CC[C@@H]1[C@@H](C/C=C\CCCC(=O)O)[C@@H](O)C[C@H]1O.CCCCC[C@H](O)/C=C/[C@@H]1[C@@H](C/C=C\CCCC(=O)O)[C@@H](O)C[C@H]1O. The number of hydrogen-bond donors (Lipinski definition) is 7. The second-order valence-corrected chi connectivity index (χ2v) is 15.0. The van der Waals surface area contributed by atoms with E-state index in [9.17, 15) is 39.9 Å². The van der Waals surface area contributed by atoms with Gasteiger partial charge < -0.3 is 35.7 Å². The predicted octanol–water partition coefficient (Wildman–Crippen LogP) is 7.30. The van der Waals surface area contributed by atoms with Crippen LogP contribution in [0.4, 0.5) is 0 Å². The van der Waals surface area contributed by atoms with Gasteiger partial charge in [0, 0.05) is 38.0 Å². The van der Waals surface area contributed by atoms with Crippen molar-refractivity contribution in [2.75, 3.05) is 0 Å². The zero-order chi connectivity index (χ0) is 38.7. The molecule has 2 aliphatic carbocycles. The molecule has 2 aliphatic rings. The molecule has 2 rings (SSSR count). The smallest absolute Gasteiger partial charge is 0.303 e. The third-order valence-corrected chi connectivity index (χ3v) is 10.6. The third-order valence-electron chi connectivity index (χ3n) is 10.6. The maximum absolute atomic E-state index is 12.1. The number of hydrogen-bond acceptors (Lipinski definition) is 8. The zero-order valence-corrected chi connectivity index (χ0v) is 32.1. The van der Waals surface area contributed by atoms with Gasteiger partial charge in [-0.05, 0) is 82.0 Å². The topological polar surface area (TPSA) is 193 Å². The Labute approximate surface area is 313 Å². The lowest BCUT2D eigenvalue weighted by atomic mass is 9.86. The van der Waals surface area contributed by atoms with Crippen LogP contribution in [0.25, 0.3) is 0 Å². The summed E-state index contributed by atoms with van der Waals surface area (Å²) in [5.41, 5.74) is 0. The zero-order valence-electron chi connectivity index (χ0n) is 32.1. The Balaban J connectivity index is 0.000000522. The van der Waals surface area contributed by atoms with E-state index in [0.717, 1.165) is 38.5 Å². The number of aliphatic carboxylic acids is 2. The maximum atomic E-state index is 12.1. The second kappa shape index (κ2) is 29.0. The lowest BCUT2D eigenvalue weighted by Gasteiger charge is -2.22. The van der Waals surface area contributed by atoms with Crippen molar-refractivity contribution in [1.29, 1.82) is 0 Å². The summed E-state index contributed by atoms with van der Waals surface area (Å²) in [7, 11) is 0. The number of allylic oxidation sites excluding steroid dienone is 4. The summed E-state index contributed by atoms with van der Waals surface area (Å²) in [6.07, 6.45) is 25.1. The highest BCUT2D eigenvalue weighted by Gasteiger charge is 2.41. The normalized spacial score (nSPS) is 26.7. The van der Waals surface area contributed by atoms with Gasteiger partial charge in [-0.25, -0.2) is 0 Å². The third kappa shape index (κ3) is 21.4. The van der Waals surface area contributed by atoms with Crippen molar-refractivity contribution in [2.45, 2.75) is 186 Å². The van der Waals surface area contributed by atoms with Crippen molar-refractivity contribution in [1.82, 2.24) is 0 Å².